The zero-order valence-electron chi connectivity index (χ0n) is 18.1. The van der Waals surface area contributed by atoms with Crippen molar-refractivity contribution in [1.29, 1.82) is 0 Å². The third-order valence-corrected chi connectivity index (χ3v) is 5.85. The molecule has 0 saturated carbocycles. The fourth-order valence-electron chi connectivity index (χ4n) is 4.17. The monoisotopic (exact) mass is 442 g/mol. The number of piperidine rings is 1. The fourth-order valence-corrected chi connectivity index (χ4v) is 4.17. The Hall–Kier alpha value is -3.07. The second-order valence-electron chi connectivity index (χ2n) is 8.24. The summed E-state index contributed by atoms with van der Waals surface area (Å²) in [6.45, 7) is 4.18. The molecule has 1 aliphatic heterocycles. The highest BCUT2D eigenvalue weighted by Gasteiger charge is 2.24. The van der Waals surface area contributed by atoms with Gasteiger partial charge >= 0.3 is 6.03 Å². The molecule has 2 N–H and O–H groups in total. The van der Waals surface area contributed by atoms with Crippen molar-refractivity contribution in [3.63, 3.8) is 0 Å². The second-order valence-corrected chi connectivity index (χ2v) is 8.24. The predicted octanol–water partition coefficient (Wildman–Crippen LogP) is 3.81. The number of carbonyl (C=O) groups is 1. The van der Waals surface area contributed by atoms with E-state index >= 15 is 0 Å². The van der Waals surface area contributed by atoms with Crippen LogP contribution in [0.15, 0.2) is 42.6 Å². The summed E-state index contributed by atoms with van der Waals surface area (Å²) in [5.41, 5.74) is 1.50. The maximum absolute atomic E-state index is 13.4. The molecule has 1 unspecified atom stereocenters. The number of likely N-dealkylation sites (tertiary alicyclic amines) is 1. The molecule has 1 atom stereocenters. The Labute approximate surface area is 185 Å². The van der Waals surface area contributed by atoms with Crippen LogP contribution in [-0.4, -0.2) is 44.7 Å². The Bertz CT molecular complexity index is 1060. The first-order chi connectivity index (χ1) is 15.5. The smallest absolute Gasteiger partial charge is 0.315 e. The predicted molar refractivity (Wildman–Crippen MR) is 117 cm³/mol. The van der Waals surface area contributed by atoms with Gasteiger partial charge in [-0.2, -0.15) is 0 Å². The van der Waals surface area contributed by atoms with Crippen molar-refractivity contribution in [3.8, 4) is 0 Å². The zero-order chi connectivity index (χ0) is 22.5. The molecule has 1 aliphatic rings. The lowest BCUT2D eigenvalue weighted by atomic mass is 10.0. The molecule has 4 rings (SSSR count). The fraction of sp³-hybridized carbons (Fsp3) is 0.435. The van der Waals surface area contributed by atoms with Gasteiger partial charge in [-0.05, 0) is 49.1 Å². The molecule has 0 bridgehead atoms. The second kappa shape index (κ2) is 10.0. The van der Waals surface area contributed by atoms with E-state index in [-0.39, 0.29) is 18.1 Å². The number of hydrogen-bond acceptors (Lipinski definition) is 4. The van der Waals surface area contributed by atoms with E-state index in [1.165, 1.54) is 6.07 Å². The summed E-state index contributed by atoms with van der Waals surface area (Å²) in [7, 11) is 0. The lowest BCUT2D eigenvalue weighted by Gasteiger charge is -2.32. The third-order valence-electron chi connectivity index (χ3n) is 5.85. The molecule has 0 aliphatic carbocycles. The molecule has 3 aromatic rings. The zero-order valence-corrected chi connectivity index (χ0v) is 18.1. The number of amides is 2. The minimum atomic E-state index is -0.830. The Kier molecular flexibility index (Phi) is 6.94. The molecule has 0 spiro atoms. The summed E-state index contributed by atoms with van der Waals surface area (Å²) in [6.07, 6.45) is 5.15. The minimum Gasteiger partial charge on any atom is -0.335 e. The molecule has 170 valence electrons. The summed E-state index contributed by atoms with van der Waals surface area (Å²) in [6, 6.07) is 9.34. The van der Waals surface area contributed by atoms with Crippen molar-refractivity contribution in [2.24, 2.45) is 0 Å². The van der Waals surface area contributed by atoms with Gasteiger partial charge in [0.25, 0.3) is 0 Å². The van der Waals surface area contributed by atoms with Crippen LogP contribution in [0.25, 0.3) is 5.65 Å². The van der Waals surface area contributed by atoms with Crippen LogP contribution < -0.4 is 10.6 Å². The van der Waals surface area contributed by atoms with E-state index in [1.54, 1.807) is 6.07 Å². The van der Waals surface area contributed by atoms with Crippen molar-refractivity contribution >= 4 is 11.7 Å². The average Bonchev–Trinajstić information content (AvgIpc) is 3.21. The van der Waals surface area contributed by atoms with Crippen LogP contribution in [0, 0.1) is 11.6 Å². The van der Waals surface area contributed by atoms with Crippen LogP contribution in [0.3, 0.4) is 0 Å². The number of hydrogen-bond donors (Lipinski definition) is 2. The van der Waals surface area contributed by atoms with E-state index in [0.29, 0.717) is 6.54 Å². The van der Waals surface area contributed by atoms with Gasteiger partial charge in [0.05, 0.1) is 6.04 Å². The normalized spacial score (nSPS) is 16.2. The molecular weight excluding hydrogens is 414 g/mol. The summed E-state index contributed by atoms with van der Waals surface area (Å²) in [5, 5.41) is 14.6. The van der Waals surface area contributed by atoms with Crippen LogP contribution in [0.5, 0.6) is 0 Å². The maximum atomic E-state index is 13.4. The lowest BCUT2D eigenvalue weighted by Crippen LogP contribution is -2.48. The molecule has 9 heteroatoms. The standard InChI is InChI=1S/C23H28F2N6O/c1-2-5-20(22-29-28-21-6-3-4-11-31(21)22)27-23(32)26-17-9-12-30(13-10-17)15-16-7-8-18(24)19(25)14-16/h3-4,6-8,11,14,17,20H,2,5,9-10,12-13,15H2,1H3,(H2,26,27,32). The van der Waals surface area contributed by atoms with Gasteiger partial charge in [-0.15, -0.1) is 10.2 Å². The number of nitrogens with zero attached hydrogens (tertiary/aromatic N) is 4. The van der Waals surface area contributed by atoms with E-state index < -0.39 is 11.6 Å². The van der Waals surface area contributed by atoms with Crippen LogP contribution >= 0.6 is 0 Å². The molecule has 1 fully saturated rings. The SMILES string of the molecule is CCCC(NC(=O)NC1CCN(Cc2ccc(F)c(F)c2)CC1)c1nnc2ccccn12. The summed E-state index contributed by atoms with van der Waals surface area (Å²) in [5.74, 6) is -0.931. The molecule has 2 aromatic heterocycles. The van der Waals surface area contributed by atoms with Gasteiger partial charge in [-0.25, -0.2) is 13.6 Å². The molecule has 1 saturated heterocycles. The van der Waals surface area contributed by atoms with Crippen molar-refractivity contribution in [1.82, 2.24) is 30.1 Å². The number of aromatic nitrogens is 3. The first-order valence-electron chi connectivity index (χ1n) is 11.1. The summed E-state index contributed by atoms with van der Waals surface area (Å²) >= 11 is 0. The number of fused-ring (bicyclic) bond motifs is 1. The first-order valence-corrected chi connectivity index (χ1v) is 11.1. The quantitative estimate of drug-likeness (QED) is 0.584. The molecule has 32 heavy (non-hydrogen) atoms. The Balaban J connectivity index is 1.29. The summed E-state index contributed by atoms with van der Waals surface area (Å²) in [4.78, 5) is 14.9. The van der Waals surface area contributed by atoms with E-state index in [2.05, 4.69) is 32.7 Å². The highest BCUT2D eigenvalue weighted by molar-refractivity contribution is 5.74. The van der Waals surface area contributed by atoms with E-state index in [4.69, 9.17) is 0 Å². The van der Waals surface area contributed by atoms with Gasteiger partial charge in [0.1, 0.15) is 0 Å². The van der Waals surface area contributed by atoms with E-state index in [1.807, 2.05) is 28.8 Å². The van der Waals surface area contributed by atoms with Crippen molar-refractivity contribution in [2.45, 2.75) is 51.2 Å². The molecule has 7 nitrogen and oxygen atoms in total. The Morgan fingerprint density at radius 1 is 1.16 bits per heavy atom. The number of rotatable bonds is 7. The van der Waals surface area contributed by atoms with Crippen LogP contribution in [0.2, 0.25) is 0 Å². The van der Waals surface area contributed by atoms with Crippen LogP contribution in [0.4, 0.5) is 13.6 Å². The molecule has 0 radical (unpaired) electrons. The molecule has 3 heterocycles. The number of nitrogens with one attached hydrogen (secondary N) is 2. The molecule has 2 amide bonds. The van der Waals surface area contributed by atoms with Crippen molar-refractivity contribution < 1.29 is 13.6 Å². The van der Waals surface area contributed by atoms with Gasteiger partial charge in [0, 0.05) is 31.9 Å². The Morgan fingerprint density at radius 2 is 1.97 bits per heavy atom. The number of halogens is 2. The van der Waals surface area contributed by atoms with E-state index in [9.17, 15) is 13.6 Å². The number of urea groups is 1. The molecule has 1 aromatic carbocycles. The average molecular weight is 443 g/mol. The van der Waals surface area contributed by atoms with Crippen LogP contribution in [0.1, 0.15) is 50.0 Å². The topological polar surface area (TPSA) is 74.6 Å². The Morgan fingerprint density at radius 3 is 2.72 bits per heavy atom. The van der Waals surface area contributed by atoms with Crippen molar-refractivity contribution in [2.75, 3.05) is 13.1 Å². The lowest BCUT2D eigenvalue weighted by molar-refractivity contribution is 0.185. The van der Waals surface area contributed by atoms with Gasteiger partial charge in [-0.1, -0.05) is 25.5 Å². The minimum absolute atomic E-state index is 0.0635. The third kappa shape index (κ3) is 5.21. The first kappa shape index (κ1) is 22.1. The summed E-state index contributed by atoms with van der Waals surface area (Å²) < 4.78 is 28.4. The number of benzene rings is 1. The number of carbonyl (C=O) groups excluding carboxylic acids is 1. The van der Waals surface area contributed by atoms with E-state index in [0.717, 1.165) is 61.9 Å². The van der Waals surface area contributed by atoms with Gasteiger partial charge in [0.2, 0.25) is 0 Å². The van der Waals surface area contributed by atoms with Crippen LogP contribution in [-0.2, 0) is 6.54 Å². The van der Waals surface area contributed by atoms with Gasteiger partial charge in [0.15, 0.2) is 23.1 Å². The largest absolute Gasteiger partial charge is 0.335 e. The highest BCUT2D eigenvalue weighted by Crippen LogP contribution is 2.19. The van der Waals surface area contributed by atoms with Crippen molar-refractivity contribution in [3.05, 3.63) is 65.6 Å². The molecular formula is C23H28F2N6O. The highest BCUT2D eigenvalue weighted by atomic mass is 19.2. The number of pyridine rings is 1. The maximum Gasteiger partial charge on any atom is 0.315 e. The van der Waals surface area contributed by atoms with Gasteiger partial charge in [-0.3, -0.25) is 9.30 Å². The van der Waals surface area contributed by atoms with Gasteiger partial charge < -0.3 is 10.6 Å².